The van der Waals surface area contributed by atoms with Gasteiger partial charge in [-0.3, -0.25) is 4.79 Å². The first-order valence-corrected chi connectivity index (χ1v) is 9.02. The Kier molecular flexibility index (Phi) is 6.62. The van der Waals surface area contributed by atoms with Crippen molar-refractivity contribution >= 4 is 28.3 Å². The SMILES string of the molecule is CCOC(=O)c1sc(N)c(C#N)c1COC(=O)CCC1CCCC1. The van der Waals surface area contributed by atoms with E-state index in [4.69, 9.17) is 15.2 Å². The zero-order valence-corrected chi connectivity index (χ0v) is 14.6. The number of nitriles is 1. The molecule has 0 unspecified atom stereocenters. The van der Waals surface area contributed by atoms with E-state index in [2.05, 4.69) is 0 Å². The van der Waals surface area contributed by atoms with E-state index in [9.17, 15) is 14.9 Å². The highest BCUT2D eigenvalue weighted by Gasteiger charge is 2.24. The lowest BCUT2D eigenvalue weighted by Gasteiger charge is -2.09. The predicted octanol–water partition coefficient (Wildman–Crippen LogP) is 3.39. The summed E-state index contributed by atoms with van der Waals surface area (Å²) >= 11 is 0.988. The number of ether oxygens (including phenoxy) is 2. The van der Waals surface area contributed by atoms with Gasteiger partial charge in [0.05, 0.1) is 12.2 Å². The minimum atomic E-state index is -0.548. The van der Waals surface area contributed by atoms with E-state index >= 15 is 0 Å². The standard InChI is InChI=1S/C17H22N2O4S/c1-2-22-17(21)15-13(12(9-18)16(19)24-15)10-23-14(20)8-7-11-5-3-4-6-11/h11H,2-8,10,19H2,1H3. The largest absolute Gasteiger partial charge is 0.462 e. The third-order valence-electron chi connectivity index (χ3n) is 4.22. The second kappa shape index (κ2) is 8.69. The molecule has 1 aliphatic rings. The normalized spacial score (nSPS) is 14.3. The Morgan fingerprint density at radius 3 is 2.67 bits per heavy atom. The molecule has 0 aliphatic heterocycles. The number of anilines is 1. The van der Waals surface area contributed by atoms with Gasteiger partial charge in [-0.1, -0.05) is 25.7 Å². The Morgan fingerprint density at radius 1 is 1.33 bits per heavy atom. The van der Waals surface area contributed by atoms with Gasteiger partial charge in [-0.05, 0) is 19.3 Å². The number of hydrogen-bond acceptors (Lipinski definition) is 7. The molecule has 1 aromatic rings. The summed E-state index contributed by atoms with van der Waals surface area (Å²) in [5, 5.41) is 9.45. The predicted molar refractivity (Wildman–Crippen MR) is 90.4 cm³/mol. The number of carbonyl (C=O) groups excluding carboxylic acids is 2. The van der Waals surface area contributed by atoms with E-state index in [1.807, 2.05) is 6.07 Å². The Bertz CT molecular complexity index is 642. The van der Waals surface area contributed by atoms with Crippen LogP contribution in [0.1, 0.15) is 66.2 Å². The Morgan fingerprint density at radius 2 is 2.04 bits per heavy atom. The number of nitrogens with two attached hydrogens (primary N) is 1. The van der Waals surface area contributed by atoms with E-state index in [0.717, 1.165) is 17.8 Å². The molecule has 0 aromatic carbocycles. The number of esters is 2. The topological polar surface area (TPSA) is 102 Å². The number of thiophene rings is 1. The fraction of sp³-hybridized carbons (Fsp3) is 0.588. The van der Waals surface area contributed by atoms with Gasteiger partial charge < -0.3 is 15.2 Å². The van der Waals surface area contributed by atoms with Gasteiger partial charge in [0, 0.05) is 12.0 Å². The lowest BCUT2D eigenvalue weighted by molar-refractivity contribution is -0.145. The van der Waals surface area contributed by atoms with Crippen molar-refractivity contribution in [3.05, 3.63) is 16.0 Å². The third-order valence-corrected chi connectivity index (χ3v) is 5.26. The number of carbonyl (C=O) groups is 2. The average Bonchev–Trinajstić information content (AvgIpc) is 3.18. The van der Waals surface area contributed by atoms with Crippen LogP contribution >= 0.6 is 11.3 Å². The molecular weight excluding hydrogens is 328 g/mol. The maximum absolute atomic E-state index is 12.0. The highest BCUT2D eigenvalue weighted by molar-refractivity contribution is 7.18. The molecule has 1 saturated carbocycles. The number of hydrogen-bond donors (Lipinski definition) is 1. The van der Waals surface area contributed by atoms with Crippen LogP contribution in [0.4, 0.5) is 5.00 Å². The molecule has 1 heterocycles. The molecule has 1 fully saturated rings. The fourth-order valence-corrected chi connectivity index (χ4v) is 3.87. The van der Waals surface area contributed by atoms with Crippen molar-refractivity contribution in [1.29, 1.82) is 5.26 Å². The Balaban J connectivity index is 1.98. The zero-order chi connectivity index (χ0) is 17.5. The van der Waals surface area contributed by atoms with Crippen molar-refractivity contribution in [2.24, 2.45) is 5.92 Å². The molecular formula is C17H22N2O4S. The van der Waals surface area contributed by atoms with E-state index in [1.165, 1.54) is 25.7 Å². The van der Waals surface area contributed by atoms with Crippen LogP contribution < -0.4 is 5.73 Å². The molecule has 0 atom stereocenters. The lowest BCUT2D eigenvalue weighted by Crippen LogP contribution is -2.10. The van der Waals surface area contributed by atoms with Crippen LogP contribution in [0.25, 0.3) is 0 Å². The number of nitrogens with zero attached hydrogens (tertiary/aromatic N) is 1. The van der Waals surface area contributed by atoms with Gasteiger partial charge in [-0.15, -0.1) is 11.3 Å². The monoisotopic (exact) mass is 350 g/mol. The molecule has 2 N–H and O–H groups in total. The summed E-state index contributed by atoms with van der Waals surface area (Å²) in [6.45, 7) is 1.79. The van der Waals surface area contributed by atoms with Gasteiger partial charge in [-0.25, -0.2) is 4.79 Å². The molecule has 24 heavy (non-hydrogen) atoms. The van der Waals surface area contributed by atoms with Crippen LogP contribution in [0.3, 0.4) is 0 Å². The molecule has 2 rings (SSSR count). The lowest BCUT2D eigenvalue weighted by atomic mass is 10.0. The minimum absolute atomic E-state index is 0.131. The number of rotatable bonds is 7. The van der Waals surface area contributed by atoms with Gasteiger partial charge in [0.1, 0.15) is 22.6 Å². The highest BCUT2D eigenvalue weighted by atomic mass is 32.1. The molecule has 7 heteroatoms. The fourth-order valence-electron chi connectivity index (χ4n) is 2.95. The van der Waals surface area contributed by atoms with Crippen molar-refractivity contribution < 1.29 is 19.1 Å². The van der Waals surface area contributed by atoms with Crippen molar-refractivity contribution in [3.63, 3.8) is 0 Å². The van der Waals surface area contributed by atoms with Crippen molar-refractivity contribution in [2.45, 2.75) is 52.1 Å². The average molecular weight is 350 g/mol. The summed E-state index contributed by atoms with van der Waals surface area (Å²) in [5.41, 5.74) is 6.31. The van der Waals surface area contributed by atoms with Crippen molar-refractivity contribution in [2.75, 3.05) is 12.3 Å². The molecule has 1 aromatic heterocycles. The first-order valence-electron chi connectivity index (χ1n) is 8.20. The summed E-state index contributed by atoms with van der Waals surface area (Å²) in [6.07, 6.45) is 6.03. The third kappa shape index (κ3) is 4.48. The Labute approximate surface area is 145 Å². The molecule has 130 valence electrons. The first-order chi connectivity index (χ1) is 11.6. The first kappa shape index (κ1) is 18.3. The summed E-state index contributed by atoms with van der Waals surface area (Å²) in [7, 11) is 0. The zero-order valence-electron chi connectivity index (χ0n) is 13.8. The van der Waals surface area contributed by atoms with Gasteiger partial charge in [0.15, 0.2) is 0 Å². The van der Waals surface area contributed by atoms with Crippen LogP contribution in [0.15, 0.2) is 0 Å². The second-order valence-electron chi connectivity index (χ2n) is 5.83. The van der Waals surface area contributed by atoms with Gasteiger partial charge in [0.25, 0.3) is 0 Å². The molecule has 0 spiro atoms. The molecule has 0 saturated heterocycles. The molecule has 6 nitrogen and oxygen atoms in total. The molecule has 0 bridgehead atoms. The van der Waals surface area contributed by atoms with Crippen molar-refractivity contribution in [3.8, 4) is 6.07 Å². The van der Waals surface area contributed by atoms with Crippen LogP contribution in [0, 0.1) is 17.2 Å². The van der Waals surface area contributed by atoms with E-state index in [1.54, 1.807) is 6.92 Å². The van der Waals surface area contributed by atoms with Crippen LogP contribution in [0.5, 0.6) is 0 Å². The van der Waals surface area contributed by atoms with Crippen LogP contribution in [-0.4, -0.2) is 18.5 Å². The summed E-state index contributed by atoms with van der Waals surface area (Å²) < 4.78 is 10.2. The summed E-state index contributed by atoms with van der Waals surface area (Å²) in [5.74, 6) is -0.253. The smallest absolute Gasteiger partial charge is 0.348 e. The maximum Gasteiger partial charge on any atom is 0.348 e. The van der Waals surface area contributed by atoms with E-state index < -0.39 is 5.97 Å². The highest BCUT2D eigenvalue weighted by Crippen LogP contribution is 2.32. The summed E-state index contributed by atoms with van der Waals surface area (Å²) in [6, 6.07) is 1.97. The Hall–Kier alpha value is -2.07. The molecule has 0 radical (unpaired) electrons. The van der Waals surface area contributed by atoms with Gasteiger partial charge >= 0.3 is 11.9 Å². The quantitative estimate of drug-likeness (QED) is 0.756. The maximum atomic E-state index is 12.0. The van der Waals surface area contributed by atoms with Crippen LogP contribution in [-0.2, 0) is 20.9 Å². The van der Waals surface area contributed by atoms with E-state index in [-0.39, 0.29) is 34.6 Å². The van der Waals surface area contributed by atoms with Crippen molar-refractivity contribution in [1.82, 2.24) is 0 Å². The summed E-state index contributed by atoms with van der Waals surface area (Å²) in [4.78, 5) is 24.1. The molecule has 1 aliphatic carbocycles. The molecule has 0 amide bonds. The van der Waals surface area contributed by atoms with Crippen LogP contribution in [0.2, 0.25) is 0 Å². The second-order valence-corrected chi connectivity index (χ2v) is 6.88. The van der Waals surface area contributed by atoms with Gasteiger partial charge in [0.2, 0.25) is 0 Å². The van der Waals surface area contributed by atoms with Gasteiger partial charge in [-0.2, -0.15) is 5.26 Å². The minimum Gasteiger partial charge on any atom is -0.462 e. The van der Waals surface area contributed by atoms with E-state index in [0.29, 0.717) is 17.9 Å². The number of nitrogen functional groups attached to an aromatic ring is 1.